The van der Waals surface area contributed by atoms with Crippen molar-refractivity contribution < 1.29 is 9.53 Å². The van der Waals surface area contributed by atoms with Crippen LogP contribution < -0.4 is 10.6 Å². The van der Waals surface area contributed by atoms with Crippen molar-refractivity contribution in [2.24, 2.45) is 0 Å². The molecule has 0 radical (unpaired) electrons. The summed E-state index contributed by atoms with van der Waals surface area (Å²) in [4.78, 5) is 12.2. The van der Waals surface area contributed by atoms with Crippen molar-refractivity contribution in [1.29, 1.82) is 0 Å². The molecule has 2 aromatic rings. The number of carbonyl (C=O) groups excluding carboxylic acids is 1. The van der Waals surface area contributed by atoms with Gasteiger partial charge in [0.1, 0.15) is 0 Å². The van der Waals surface area contributed by atoms with Gasteiger partial charge in [0.2, 0.25) is 0 Å². The average molecular weight is 343 g/mol. The standard InChI is InChI=1S/C19H19ClN2O2/c20-15-5-3-14(4-6-15)18(23)22-16-7-1-13(2-8-16)9-19-10-17(11-24-19)21-12-19/h1-8,17,21H,9-12H2,(H,22,23)/t17-,19-/m0/s1. The van der Waals surface area contributed by atoms with Crippen LogP contribution in [0.5, 0.6) is 0 Å². The van der Waals surface area contributed by atoms with Gasteiger partial charge in [-0.25, -0.2) is 0 Å². The minimum absolute atomic E-state index is 0.0429. The number of amides is 1. The van der Waals surface area contributed by atoms with Gasteiger partial charge in [0.05, 0.1) is 12.2 Å². The lowest BCUT2D eigenvalue weighted by Crippen LogP contribution is -2.40. The molecule has 24 heavy (non-hydrogen) atoms. The van der Waals surface area contributed by atoms with Crippen LogP contribution in [0.4, 0.5) is 5.69 Å². The van der Waals surface area contributed by atoms with Crippen LogP contribution in [0.15, 0.2) is 48.5 Å². The molecule has 2 fully saturated rings. The molecule has 0 saturated carbocycles. The Hall–Kier alpha value is -1.88. The molecule has 5 heteroatoms. The Bertz CT molecular complexity index is 735. The van der Waals surface area contributed by atoms with Crippen LogP contribution in [0.25, 0.3) is 0 Å². The fraction of sp³-hybridized carbons (Fsp3) is 0.316. The van der Waals surface area contributed by atoms with Gasteiger partial charge in [0, 0.05) is 35.3 Å². The molecule has 2 N–H and O–H groups in total. The number of nitrogens with one attached hydrogen (secondary N) is 2. The summed E-state index contributed by atoms with van der Waals surface area (Å²) in [6, 6.07) is 15.4. The van der Waals surface area contributed by atoms with Gasteiger partial charge in [-0.3, -0.25) is 4.79 Å². The highest BCUT2D eigenvalue weighted by Gasteiger charge is 2.45. The van der Waals surface area contributed by atoms with Crippen LogP contribution in [-0.2, 0) is 11.2 Å². The van der Waals surface area contributed by atoms with Crippen molar-refractivity contribution in [3.05, 3.63) is 64.7 Å². The monoisotopic (exact) mass is 342 g/mol. The highest BCUT2D eigenvalue weighted by Crippen LogP contribution is 2.34. The van der Waals surface area contributed by atoms with Gasteiger partial charge in [0.25, 0.3) is 5.91 Å². The van der Waals surface area contributed by atoms with Crippen molar-refractivity contribution in [3.8, 4) is 0 Å². The molecule has 4 nitrogen and oxygen atoms in total. The molecular formula is C19H19ClN2O2. The number of hydrogen-bond donors (Lipinski definition) is 2. The Morgan fingerprint density at radius 3 is 2.54 bits per heavy atom. The molecule has 2 aromatic carbocycles. The Morgan fingerprint density at radius 1 is 1.21 bits per heavy atom. The third-order valence-corrected chi connectivity index (χ3v) is 5.02. The van der Waals surface area contributed by atoms with E-state index in [1.807, 2.05) is 12.1 Å². The molecule has 124 valence electrons. The number of rotatable bonds is 4. The summed E-state index contributed by atoms with van der Waals surface area (Å²) >= 11 is 5.84. The summed E-state index contributed by atoms with van der Waals surface area (Å²) in [5, 5.41) is 7.01. The van der Waals surface area contributed by atoms with E-state index in [1.165, 1.54) is 5.56 Å². The largest absolute Gasteiger partial charge is 0.372 e. The molecular weight excluding hydrogens is 324 g/mol. The Labute approximate surface area is 146 Å². The van der Waals surface area contributed by atoms with Crippen LogP contribution >= 0.6 is 11.6 Å². The van der Waals surface area contributed by atoms with Crippen molar-refractivity contribution in [2.75, 3.05) is 18.5 Å². The molecule has 2 bridgehead atoms. The minimum atomic E-state index is -0.139. The number of carbonyl (C=O) groups is 1. The number of benzene rings is 2. The van der Waals surface area contributed by atoms with Crippen molar-refractivity contribution in [2.45, 2.75) is 24.5 Å². The van der Waals surface area contributed by atoms with Crippen LogP contribution in [-0.4, -0.2) is 30.7 Å². The van der Waals surface area contributed by atoms with Crippen LogP contribution in [0.2, 0.25) is 5.02 Å². The van der Waals surface area contributed by atoms with Crippen molar-refractivity contribution in [1.82, 2.24) is 5.32 Å². The van der Waals surface area contributed by atoms with Crippen molar-refractivity contribution >= 4 is 23.2 Å². The molecule has 2 atom stereocenters. The minimum Gasteiger partial charge on any atom is -0.372 e. The molecule has 0 aliphatic carbocycles. The zero-order valence-corrected chi connectivity index (χ0v) is 14.0. The summed E-state index contributed by atoms with van der Waals surface area (Å²) in [6.07, 6.45) is 1.99. The van der Waals surface area contributed by atoms with E-state index in [0.29, 0.717) is 16.6 Å². The average Bonchev–Trinajstić information content (AvgIpc) is 3.18. The van der Waals surface area contributed by atoms with Gasteiger partial charge in [-0.1, -0.05) is 23.7 Å². The summed E-state index contributed by atoms with van der Waals surface area (Å²) in [5.41, 5.74) is 2.55. The lowest BCUT2D eigenvalue weighted by Gasteiger charge is -2.26. The Morgan fingerprint density at radius 2 is 1.96 bits per heavy atom. The van der Waals surface area contributed by atoms with Gasteiger partial charge in [-0.2, -0.15) is 0 Å². The summed E-state index contributed by atoms with van der Waals surface area (Å²) in [6.45, 7) is 1.74. The van der Waals surface area contributed by atoms with E-state index in [1.54, 1.807) is 24.3 Å². The second-order valence-corrected chi connectivity index (χ2v) is 7.05. The third-order valence-electron chi connectivity index (χ3n) is 4.77. The molecule has 2 heterocycles. The zero-order chi connectivity index (χ0) is 16.6. The van der Waals surface area contributed by atoms with E-state index >= 15 is 0 Å². The maximum absolute atomic E-state index is 12.2. The molecule has 0 spiro atoms. The van der Waals surface area contributed by atoms with E-state index in [4.69, 9.17) is 16.3 Å². The van der Waals surface area contributed by atoms with E-state index in [0.717, 1.165) is 31.7 Å². The highest BCUT2D eigenvalue weighted by atomic mass is 35.5. The van der Waals surface area contributed by atoms with E-state index < -0.39 is 0 Å². The fourth-order valence-electron chi connectivity index (χ4n) is 3.50. The maximum Gasteiger partial charge on any atom is 0.255 e. The molecule has 2 aliphatic rings. The summed E-state index contributed by atoms with van der Waals surface area (Å²) < 4.78 is 5.96. The smallest absolute Gasteiger partial charge is 0.255 e. The zero-order valence-electron chi connectivity index (χ0n) is 13.2. The van der Waals surface area contributed by atoms with Gasteiger partial charge < -0.3 is 15.4 Å². The SMILES string of the molecule is O=C(Nc1ccc(C[C@]23CN[C@H](CO2)C3)cc1)c1ccc(Cl)cc1. The topological polar surface area (TPSA) is 50.4 Å². The van der Waals surface area contributed by atoms with E-state index in [2.05, 4.69) is 22.8 Å². The van der Waals surface area contributed by atoms with E-state index in [9.17, 15) is 4.79 Å². The first-order valence-electron chi connectivity index (χ1n) is 8.15. The lowest BCUT2D eigenvalue weighted by molar-refractivity contribution is -0.00521. The maximum atomic E-state index is 12.2. The Kier molecular flexibility index (Phi) is 4.04. The number of fused-ring (bicyclic) bond motifs is 2. The highest BCUT2D eigenvalue weighted by molar-refractivity contribution is 6.30. The van der Waals surface area contributed by atoms with Crippen LogP contribution in [0, 0.1) is 0 Å². The van der Waals surface area contributed by atoms with Crippen LogP contribution in [0.3, 0.4) is 0 Å². The number of ether oxygens (including phenoxy) is 1. The number of halogens is 1. The van der Waals surface area contributed by atoms with Gasteiger partial charge in [-0.15, -0.1) is 0 Å². The Balaban J connectivity index is 1.40. The van der Waals surface area contributed by atoms with Gasteiger partial charge >= 0.3 is 0 Å². The lowest BCUT2D eigenvalue weighted by atomic mass is 9.93. The first-order chi connectivity index (χ1) is 11.6. The van der Waals surface area contributed by atoms with Crippen molar-refractivity contribution in [3.63, 3.8) is 0 Å². The molecule has 0 aromatic heterocycles. The van der Waals surface area contributed by atoms with Gasteiger partial charge in [0.15, 0.2) is 0 Å². The summed E-state index contributed by atoms with van der Waals surface area (Å²) in [5.74, 6) is -0.139. The first kappa shape index (κ1) is 15.6. The third kappa shape index (κ3) is 3.18. The molecule has 1 amide bonds. The second-order valence-electron chi connectivity index (χ2n) is 6.61. The second kappa shape index (κ2) is 6.20. The fourth-order valence-corrected chi connectivity index (χ4v) is 3.62. The molecule has 2 aliphatic heterocycles. The number of hydrogen-bond acceptors (Lipinski definition) is 3. The number of morpholine rings is 1. The quantitative estimate of drug-likeness (QED) is 0.896. The predicted molar refractivity (Wildman–Crippen MR) is 94.6 cm³/mol. The van der Waals surface area contributed by atoms with Crippen LogP contribution in [0.1, 0.15) is 22.3 Å². The normalized spacial score (nSPS) is 25.0. The van der Waals surface area contributed by atoms with E-state index in [-0.39, 0.29) is 11.5 Å². The molecule has 4 rings (SSSR count). The molecule has 2 saturated heterocycles. The van der Waals surface area contributed by atoms with Gasteiger partial charge in [-0.05, 0) is 48.4 Å². The first-order valence-corrected chi connectivity index (χ1v) is 8.53. The summed E-state index contributed by atoms with van der Waals surface area (Å²) in [7, 11) is 0. The predicted octanol–water partition coefficient (Wildman–Crippen LogP) is 3.27. The molecule has 0 unspecified atom stereocenters. The number of anilines is 1.